The van der Waals surface area contributed by atoms with E-state index in [-0.39, 0.29) is 34.6 Å². The zero-order chi connectivity index (χ0) is 21.8. The molecule has 0 aliphatic carbocycles. The molecule has 0 radical (unpaired) electrons. The van der Waals surface area contributed by atoms with Gasteiger partial charge in [-0.15, -0.1) is 0 Å². The molecule has 2 aromatic carbocycles. The smallest absolute Gasteiger partial charge is 0.224 e. The van der Waals surface area contributed by atoms with E-state index in [0.717, 1.165) is 18.2 Å². The molecule has 2 N–H and O–H groups in total. The number of rotatable bonds is 7. The van der Waals surface area contributed by atoms with Crippen LogP contribution in [0, 0.1) is 17.5 Å². The maximum absolute atomic E-state index is 14.9. The van der Waals surface area contributed by atoms with Crippen LogP contribution in [-0.2, 0) is 0 Å². The van der Waals surface area contributed by atoms with Crippen LogP contribution in [0.2, 0.25) is 5.02 Å². The summed E-state index contributed by atoms with van der Waals surface area (Å²) in [5, 5.41) is 12.3. The minimum atomic E-state index is -1.01. The lowest BCUT2D eigenvalue weighted by molar-refractivity contribution is 0.103. The molecule has 3 rings (SSSR count). The van der Waals surface area contributed by atoms with Crippen molar-refractivity contribution in [3.8, 4) is 11.6 Å². The topological polar surface area (TPSA) is 71.4 Å². The number of carbonyl (C=O) groups is 1. The quantitative estimate of drug-likeness (QED) is 0.512. The summed E-state index contributed by atoms with van der Waals surface area (Å²) in [6.45, 7) is 1.43. The molecular weight excluding hydrogens is 421 g/mol. The molecule has 0 aliphatic heterocycles. The third-order valence-electron chi connectivity index (χ3n) is 3.97. The summed E-state index contributed by atoms with van der Waals surface area (Å²) in [5.41, 5.74) is -0.367. The van der Waals surface area contributed by atoms with Crippen LogP contribution in [0.5, 0.6) is 11.6 Å². The summed E-state index contributed by atoms with van der Waals surface area (Å²) in [6.07, 6.45) is -0.836. The predicted octanol–water partition coefficient (Wildman–Crippen LogP) is 4.97. The van der Waals surface area contributed by atoms with E-state index >= 15 is 0 Å². The summed E-state index contributed by atoms with van der Waals surface area (Å²) in [6, 6.07) is 9.51. The SMILES string of the molecule is C[C@H](O)CNc1nc(Oc2ccc(F)cc2F)cc(F)c1C(=O)c1ccccc1Cl. The first-order chi connectivity index (χ1) is 14.3. The van der Waals surface area contributed by atoms with Crippen LogP contribution in [0.4, 0.5) is 19.0 Å². The Kier molecular flexibility index (Phi) is 6.59. The highest BCUT2D eigenvalue weighted by molar-refractivity contribution is 6.35. The molecule has 30 heavy (non-hydrogen) atoms. The zero-order valence-electron chi connectivity index (χ0n) is 15.6. The number of ether oxygens (including phenoxy) is 1. The number of benzene rings is 2. The van der Waals surface area contributed by atoms with E-state index in [2.05, 4.69) is 10.3 Å². The van der Waals surface area contributed by atoms with Gasteiger partial charge in [0.05, 0.1) is 11.1 Å². The fourth-order valence-electron chi connectivity index (χ4n) is 2.58. The fraction of sp³-hybridized carbons (Fsp3) is 0.143. The van der Waals surface area contributed by atoms with Gasteiger partial charge in [-0.3, -0.25) is 4.79 Å². The molecule has 0 bridgehead atoms. The lowest BCUT2D eigenvalue weighted by atomic mass is 10.0. The van der Waals surface area contributed by atoms with Crippen molar-refractivity contribution in [3.63, 3.8) is 0 Å². The van der Waals surface area contributed by atoms with E-state index in [1.165, 1.54) is 19.1 Å². The summed E-state index contributed by atoms with van der Waals surface area (Å²) in [4.78, 5) is 16.9. The average Bonchev–Trinajstić information content (AvgIpc) is 2.68. The second-order valence-electron chi connectivity index (χ2n) is 6.38. The molecule has 0 saturated carbocycles. The molecule has 0 spiro atoms. The molecule has 1 aromatic heterocycles. The third kappa shape index (κ3) is 4.90. The number of anilines is 1. The van der Waals surface area contributed by atoms with Gasteiger partial charge in [0.15, 0.2) is 11.6 Å². The highest BCUT2D eigenvalue weighted by atomic mass is 35.5. The van der Waals surface area contributed by atoms with Gasteiger partial charge >= 0.3 is 0 Å². The summed E-state index contributed by atoms with van der Waals surface area (Å²) >= 11 is 6.05. The molecule has 1 heterocycles. The van der Waals surface area contributed by atoms with Gasteiger partial charge in [0.2, 0.25) is 11.7 Å². The van der Waals surface area contributed by atoms with Crippen LogP contribution in [0.1, 0.15) is 22.8 Å². The molecule has 9 heteroatoms. The molecule has 0 unspecified atom stereocenters. The number of carbonyl (C=O) groups excluding carboxylic acids is 1. The maximum Gasteiger partial charge on any atom is 0.224 e. The van der Waals surface area contributed by atoms with E-state index in [1.807, 2.05) is 0 Å². The molecule has 0 fully saturated rings. The van der Waals surface area contributed by atoms with Gasteiger partial charge in [-0.1, -0.05) is 23.7 Å². The predicted molar refractivity (Wildman–Crippen MR) is 106 cm³/mol. The molecule has 5 nitrogen and oxygen atoms in total. The van der Waals surface area contributed by atoms with Crippen molar-refractivity contribution in [2.24, 2.45) is 0 Å². The lowest BCUT2D eigenvalue weighted by Crippen LogP contribution is -2.19. The van der Waals surface area contributed by atoms with Crippen LogP contribution in [0.25, 0.3) is 0 Å². The molecule has 0 aliphatic rings. The number of aromatic nitrogens is 1. The Morgan fingerprint density at radius 2 is 1.90 bits per heavy atom. The van der Waals surface area contributed by atoms with Gasteiger partial charge in [0.1, 0.15) is 23.0 Å². The van der Waals surface area contributed by atoms with Gasteiger partial charge in [0.25, 0.3) is 0 Å². The van der Waals surface area contributed by atoms with Crippen molar-refractivity contribution in [1.82, 2.24) is 4.98 Å². The summed E-state index contributed by atoms with van der Waals surface area (Å²) in [5.74, 6) is -4.53. The van der Waals surface area contributed by atoms with Crippen molar-refractivity contribution < 1.29 is 27.8 Å². The van der Waals surface area contributed by atoms with Crippen molar-refractivity contribution in [3.05, 3.63) is 82.1 Å². The fourth-order valence-corrected chi connectivity index (χ4v) is 2.80. The van der Waals surface area contributed by atoms with Crippen molar-refractivity contribution in [1.29, 1.82) is 0 Å². The Morgan fingerprint density at radius 1 is 1.17 bits per heavy atom. The van der Waals surface area contributed by atoms with Crippen molar-refractivity contribution >= 4 is 23.2 Å². The number of aliphatic hydroxyl groups is 1. The molecule has 1 atom stereocenters. The Morgan fingerprint density at radius 3 is 2.57 bits per heavy atom. The van der Waals surface area contributed by atoms with E-state index in [4.69, 9.17) is 16.3 Å². The zero-order valence-corrected chi connectivity index (χ0v) is 16.4. The average molecular weight is 437 g/mol. The van der Waals surface area contributed by atoms with Crippen molar-refractivity contribution in [2.75, 3.05) is 11.9 Å². The van der Waals surface area contributed by atoms with Gasteiger partial charge in [-0.05, 0) is 31.2 Å². The number of nitrogens with zero attached hydrogens (tertiary/aromatic N) is 1. The Bertz CT molecular complexity index is 1090. The number of aliphatic hydroxyl groups excluding tert-OH is 1. The molecule has 0 saturated heterocycles. The Hall–Kier alpha value is -3.10. The molecule has 0 amide bonds. The van der Waals surface area contributed by atoms with E-state index in [0.29, 0.717) is 6.07 Å². The largest absolute Gasteiger partial charge is 0.436 e. The Balaban J connectivity index is 2.04. The minimum Gasteiger partial charge on any atom is -0.436 e. The standard InChI is InChI=1S/C21H16ClF3N2O3/c1-11(28)10-26-21-19(20(29)13-4-2-3-5-14(13)22)16(25)9-18(27-21)30-17-7-6-12(23)8-15(17)24/h2-9,11,28H,10H2,1H3,(H,26,27)/t11-/m0/s1. The summed E-state index contributed by atoms with van der Waals surface area (Å²) in [7, 11) is 0. The first-order valence-electron chi connectivity index (χ1n) is 8.81. The number of nitrogens with one attached hydrogen (secondary N) is 1. The van der Waals surface area contributed by atoms with E-state index in [1.54, 1.807) is 12.1 Å². The third-order valence-corrected chi connectivity index (χ3v) is 4.30. The van der Waals surface area contributed by atoms with Crippen molar-refractivity contribution in [2.45, 2.75) is 13.0 Å². The number of halogens is 4. The second kappa shape index (κ2) is 9.15. The normalized spacial score (nSPS) is 11.8. The molecule has 156 valence electrons. The second-order valence-corrected chi connectivity index (χ2v) is 6.79. The lowest BCUT2D eigenvalue weighted by Gasteiger charge is -2.15. The van der Waals surface area contributed by atoms with Crippen LogP contribution < -0.4 is 10.1 Å². The monoisotopic (exact) mass is 436 g/mol. The van der Waals surface area contributed by atoms with Crippen LogP contribution in [-0.4, -0.2) is 28.5 Å². The van der Waals surface area contributed by atoms with Crippen LogP contribution in [0.15, 0.2) is 48.5 Å². The Labute approximate surface area is 175 Å². The van der Waals surface area contributed by atoms with Crippen LogP contribution >= 0.6 is 11.6 Å². The van der Waals surface area contributed by atoms with Gasteiger partial charge in [-0.25, -0.2) is 13.2 Å². The number of hydrogen-bond donors (Lipinski definition) is 2. The van der Waals surface area contributed by atoms with Gasteiger partial charge in [0, 0.05) is 24.2 Å². The first kappa shape index (κ1) is 21.6. The first-order valence-corrected chi connectivity index (χ1v) is 9.18. The van der Waals surface area contributed by atoms with Gasteiger partial charge in [-0.2, -0.15) is 4.98 Å². The highest BCUT2D eigenvalue weighted by Crippen LogP contribution is 2.30. The van der Waals surface area contributed by atoms with E-state index in [9.17, 15) is 23.1 Å². The number of ketones is 1. The summed E-state index contributed by atoms with van der Waals surface area (Å²) < 4.78 is 47.1. The van der Waals surface area contributed by atoms with Gasteiger partial charge < -0.3 is 15.2 Å². The van der Waals surface area contributed by atoms with E-state index < -0.39 is 34.9 Å². The number of pyridine rings is 1. The minimum absolute atomic E-state index is 0.0520. The maximum atomic E-state index is 14.9. The molecular formula is C21H16ClF3N2O3. The molecule has 3 aromatic rings. The van der Waals surface area contributed by atoms with Crippen LogP contribution in [0.3, 0.4) is 0 Å². The number of hydrogen-bond acceptors (Lipinski definition) is 5. The highest BCUT2D eigenvalue weighted by Gasteiger charge is 2.24.